The van der Waals surface area contributed by atoms with Gasteiger partial charge in [-0.25, -0.2) is 0 Å². The lowest BCUT2D eigenvalue weighted by Crippen LogP contribution is -2.09. The van der Waals surface area contributed by atoms with Crippen LogP contribution in [0, 0.1) is 0 Å². The predicted octanol–water partition coefficient (Wildman–Crippen LogP) is 14.9. The van der Waals surface area contributed by atoms with Crippen molar-refractivity contribution in [3.8, 4) is 50.2 Å². The van der Waals surface area contributed by atoms with E-state index in [2.05, 4.69) is 240 Å². The van der Waals surface area contributed by atoms with E-state index in [1.54, 1.807) is 0 Å². The molecule has 10 rings (SSSR count). The van der Waals surface area contributed by atoms with Crippen molar-refractivity contribution in [2.45, 2.75) is 0 Å². The zero-order valence-corrected chi connectivity index (χ0v) is 30.8. The van der Waals surface area contributed by atoms with Crippen LogP contribution in [0.2, 0.25) is 0 Å². The number of rotatable bonds is 8. The van der Waals surface area contributed by atoms with Crippen molar-refractivity contribution < 1.29 is 0 Å². The minimum Gasteiger partial charge on any atom is -0.311 e. The fraction of sp³-hybridized carbons (Fsp3) is 0. The van der Waals surface area contributed by atoms with Gasteiger partial charge in [0.25, 0.3) is 0 Å². The standard InChI is InChI=1S/C54H38N2/c1-5-15-39(16-6-1)42-25-30-48(31-26-42)55(47-21-11-4-12-22-47)49-32-27-43(28-33-49)44-29-34-54-52(38-44)51-23-13-14-24-53(51)56(54)50-36-45(40-17-7-2-8-18-40)35-46(37-50)41-19-9-3-10-20-41/h1-38H. The summed E-state index contributed by atoms with van der Waals surface area (Å²) in [6, 6.07) is 83.0. The molecule has 2 nitrogen and oxygen atoms in total. The molecule has 0 radical (unpaired) electrons. The number of hydrogen-bond donors (Lipinski definition) is 0. The fourth-order valence-corrected chi connectivity index (χ4v) is 8.03. The van der Waals surface area contributed by atoms with Gasteiger partial charge in [-0.15, -0.1) is 0 Å². The molecule has 0 atom stereocenters. The minimum absolute atomic E-state index is 1.11. The molecular weight excluding hydrogens is 677 g/mol. The Morgan fingerprint density at radius 1 is 0.250 bits per heavy atom. The van der Waals surface area contributed by atoms with Crippen LogP contribution in [-0.4, -0.2) is 4.57 Å². The highest BCUT2D eigenvalue weighted by Gasteiger charge is 2.17. The molecule has 1 aromatic heterocycles. The van der Waals surface area contributed by atoms with Crippen LogP contribution in [0.3, 0.4) is 0 Å². The molecular formula is C54H38N2. The van der Waals surface area contributed by atoms with Gasteiger partial charge in [0, 0.05) is 33.5 Å². The largest absolute Gasteiger partial charge is 0.311 e. The lowest BCUT2D eigenvalue weighted by molar-refractivity contribution is 1.18. The van der Waals surface area contributed by atoms with Gasteiger partial charge in [0.1, 0.15) is 0 Å². The van der Waals surface area contributed by atoms with Crippen molar-refractivity contribution in [2.24, 2.45) is 0 Å². The summed E-state index contributed by atoms with van der Waals surface area (Å²) in [6.45, 7) is 0. The summed E-state index contributed by atoms with van der Waals surface area (Å²) in [6.07, 6.45) is 0. The van der Waals surface area contributed by atoms with Crippen LogP contribution in [0.4, 0.5) is 17.1 Å². The quantitative estimate of drug-likeness (QED) is 0.152. The molecule has 0 aliphatic carbocycles. The molecule has 1 heterocycles. The number of benzene rings is 9. The Morgan fingerprint density at radius 2 is 0.643 bits per heavy atom. The van der Waals surface area contributed by atoms with E-state index < -0.39 is 0 Å². The molecule has 0 bridgehead atoms. The Hall–Kier alpha value is -7.42. The van der Waals surface area contributed by atoms with Crippen LogP contribution in [0.1, 0.15) is 0 Å². The zero-order chi connectivity index (χ0) is 37.3. The molecule has 0 fully saturated rings. The van der Waals surface area contributed by atoms with Gasteiger partial charge >= 0.3 is 0 Å². The summed E-state index contributed by atoms with van der Waals surface area (Å²) in [5, 5.41) is 2.47. The van der Waals surface area contributed by atoms with Crippen LogP contribution >= 0.6 is 0 Å². The second-order valence-corrected chi connectivity index (χ2v) is 14.2. The first-order valence-electron chi connectivity index (χ1n) is 19.2. The van der Waals surface area contributed by atoms with E-state index in [4.69, 9.17) is 0 Å². The third-order valence-corrected chi connectivity index (χ3v) is 10.8. The number of aromatic nitrogens is 1. The average Bonchev–Trinajstić information content (AvgIpc) is 3.62. The molecule has 9 aromatic carbocycles. The number of nitrogens with zero attached hydrogens (tertiary/aromatic N) is 2. The van der Waals surface area contributed by atoms with Gasteiger partial charge in [-0.3, -0.25) is 0 Å². The summed E-state index contributed by atoms with van der Waals surface area (Å²) < 4.78 is 2.43. The maximum absolute atomic E-state index is 2.43. The SMILES string of the molecule is c1ccc(-c2ccc(N(c3ccccc3)c3ccc(-c4ccc5c(c4)c4ccccc4n5-c4cc(-c5ccccc5)cc(-c5ccccc5)c4)cc3)cc2)cc1. The van der Waals surface area contributed by atoms with Crippen molar-refractivity contribution in [1.29, 1.82) is 0 Å². The van der Waals surface area contributed by atoms with Crippen LogP contribution in [-0.2, 0) is 0 Å². The summed E-state index contributed by atoms with van der Waals surface area (Å²) in [5.41, 5.74) is 16.4. The molecule has 56 heavy (non-hydrogen) atoms. The van der Waals surface area contributed by atoms with Crippen molar-refractivity contribution in [3.05, 3.63) is 231 Å². The van der Waals surface area contributed by atoms with Crippen molar-refractivity contribution >= 4 is 38.9 Å². The molecule has 10 aromatic rings. The monoisotopic (exact) mass is 714 g/mol. The molecule has 0 unspecified atom stereocenters. The average molecular weight is 715 g/mol. The van der Waals surface area contributed by atoms with E-state index >= 15 is 0 Å². The van der Waals surface area contributed by atoms with E-state index in [1.807, 2.05) is 0 Å². The summed E-state index contributed by atoms with van der Waals surface area (Å²) in [4.78, 5) is 2.32. The summed E-state index contributed by atoms with van der Waals surface area (Å²) in [5.74, 6) is 0. The Labute approximate surface area is 327 Å². The molecule has 0 aliphatic rings. The highest BCUT2D eigenvalue weighted by molar-refractivity contribution is 6.10. The van der Waals surface area contributed by atoms with Gasteiger partial charge < -0.3 is 9.47 Å². The molecule has 0 amide bonds. The molecule has 0 saturated carbocycles. The van der Waals surface area contributed by atoms with E-state index in [-0.39, 0.29) is 0 Å². The van der Waals surface area contributed by atoms with Crippen molar-refractivity contribution in [3.63, 3.8) is 0 Å². The molecule has 0 spiro atoms. The highest BCUT2D eigenvalue weighted by atomic mass is 15.1. The van der Waals surface area contributed by atoms with Gasteiger partial charge in [-0.2, -0.15) is 0 Å². The smallest absolute Gasteiger partial charge is 0.0541 e. The van der Waals surface area contributed by atoms with Gasteiger partial charge in [-0.1, -0.05) is 158 Å². The van der Waals surface area contributed by atoms with E-state index in [9.17, 15) is 0 Å². The highest BCUT2D eigenvalue weighted by Crippen LogP contribution is 2.40. The lowest BCUT2D eigenvalue weighted by atomic mass is 9.98. The van der Waals surface area contributed by atoms with Crippen LogP contribution in [0.25, 0.3) is 72.0 Å². The lowest BCUT2D eigenvalue weighted by Gasteiger charge is -2.26. The summed E-state index contributed by atoms with van der Waals surface area (Å²) in [7, 11) is 0. The number of para-hydroxylation sites is 2. The zero-order valence-electron chi connectivity index (χ0n) is 30.8. The molecule has 0 aliphatic heterocycles. The molecule has 2 heteroatoms. The van der Waals surface area contributed by atoms with Gasteiger partial charge in [0.05, 0.1) is 11.0 Å². The summed E-state index contributed by atoms with van der Waals surface area (Å²) >= 11 is 0. The molecule has 0 N–H and O–H groups in total. The second kappa shape index (κ2) is 14.4. The Bertz CT molecular complexity index is 2860. The van der Waals surface area contributed by atoms with Crippen LogP contribution in [0.15, 0.2) is 231 Å². The van der Waals surface area contributed by atoms with E-state index in [0.29, 0.717) is 0 Å². The van der Waals surface area contributed by atoms with E-state index in [1.165, 1.54) is 66.3 Å². The number of fused-ring (bicyclic) bond motifs is 3. The Kier molecular flexibility index (Phi) is 8.55. The van der Waals surface area contributed by atoms with Gasteiger partial charge in [0.15, 0.2) is 0 Å². The third-order valence-electron chi connectivity index (χ3n) is 10.8. The van der Waals surface area contributed by atoms with Crippen LogP contribution < -0.4 is 4.90 Å². The minimum atomic E-state index is 1.11. The van der Waals surface area contributed by atoms with Crippen molar-refractivity contribution in [2.75, 3.05) is 4.90 Å². The first kappa shape index (κ1) is 33.2. The maximum Gasteiger partial charge on any atom is 0.0541 e. The van der Waals surface area contributed by atoms with Gasteiger partial charge in [0.2, 0.25) is 0 Å². The topological polar surface area (TPSA) is 8.17 Å². The molecule has 0 saturated heterocycles. The first-order chi connectivity index (χ1) is 27.8. The number of hydrogen-bond acceptors (Lipinski definition) is 1. The Balaban J connectivity index is 1.05. The van der Waals surface area contributed by atoms with Crippen molar-refractivity contribution in [1.82, 2.24) is 4.57 Å². The van der Waals surface area contributed by atoms with E-state index in [0.717, 1.165) is 22.7 Å². The number of anilines is 3. The Morgan fingerprint density at radius 3 is 1.20 bits per heavy atom. The normalized spacial score (nSPS) is 11.2. The predicted molar refractivity (Wildman–Crippen MR) is 237 cm³/mol. The fourth-order valence-electron chi connectivity index (χ4n) is 8.03. The second-order valence-electron chi connectivity index (χ2n) is 14.2. The first-order valence-corrected chi connectivity index (χ1v) is 19.2. The third kappa shape index (κ3) is 6.24. The van der Waals surface area contributed by atoms with Gasteiger partial charge in [-0.05, 0) is 117 Å². The molecule has 264 valence electrons. The van der Waals surface area contributed by atoms with Crippen LogP contribution in [0.5, 0.6) is 0 Å². The maximum atomic E-state index is 2.43.